The number of hydrogen-bond acceptors (Lipinski definition) is 9. The predicted octanol–water partition coefficient (Wildman–Crippen LogP) is 0.852. The number of nitrogens with one attached hydrogen (secondary N) is 3. The van der Waals surface area contributed by atoms with Crippen LogP contribution in [-0.2, 0) is 6.54 Å². The molecular formula is C24H21FN10O2. The standard InChI is InChI=1S/C24H21FN10O2/c25-15-2-1-12(17(6-15)14-9-28-23(26)29-10-14)8-27-19-7-20(31-16-3-4-16)35-21(33-19)13(11-30-35)5-18-22(36)34-24(37)32-18/h1-2,5-7,9-11,16,27,36H,3-4,8H2,(H2,26,28,29)(H2,32,34,37)/b13-5-,31-20?. The Kier molecular flexibility index (Phi) is 5.36. The van der Waals surface area contributed by atoms with E-state index in [1.807, 2.05) is 0 Å². The number of rotatable bonds is 6. The number of halogens is 1. The zero-order chi connectivity index (χ0) is 25.5. The molecule has 0 bridgehead atoms. The van der Waals surface area contributed by atoms with Crippen LogP contribution in [-0.4, -0.2) is 45.7 Å². The number of nitrogens with two attached hydrogens (primary N) is 1. The van der Waals surface area contributed by atoms with Crippen LogP contribution < -0.4 is 27.4 Å². The molecule has 1 saturated carbocycles. The Hall–Kier alpha value is -5.07. The second kappa shape index (κ2) is 8.86. The van der Waals surface area contributed by atoms with Crippen LogP contribution in [0.15, 0.2) is 52.6 Å². The largest absolute Gasteiger partial charge is 0.493 e. The summed E-state index contributed by atoms with van der Waals surface area (Å²) < 4.78 is 15.7. The van der Waals surface area contributed by atoms with E-state index in [9.17, 15) is 14.3 Å². The average molecular weight is 500 g/mol. The number of fused-ring (bicyclic) bond motifs is 1. The van der Waals surface area contributed by atoms with Gasteiger partial charge in [0.15, 0.2) is 11.1 Å². The number of nitrogens with zero attached hydrogens (tertiary/aromatic N) is 6. The van der Waals surface area contributed by atoms with Crippen molar-refractivity contribution in [1.29, 1.82) is 0 Å². The molecule has 0 spiro atoms. The lowest BCUT2D eigenvalue weighted by Crippen LogP contribution is -2.20. The highest BCUT2D eigenvalue weighted by Crippen LogP contribution is 2.25. The average Bonchev–Trinajstić information content (AvgIpc) is 3.51. The Bertz CT molecular complexity index is 1800. The van der Waals surface area contributed by atoms with Crippen LogP contribution in [0.5, 0.6) is 5.88 Å². The lowest BCUT2D eigenvalue weighted by molar-refractivity contribution is 0.454. The summed E-state index contributed by atoms with van der Waals surface area (Å²) in [7, 11) is 0. The van der Waals surface area contributed by atoms with E-state index in [2.05, 4.69) is 30.4 Å². The van der Waals surface area contributed by atoms with Gasteiger partial charge in [0.1, 0.15) is 17.3 Å². The second-order valence-electron chi connectivity index (χ2n) is 8.67. The Balaban J connectivity index is 1.40. The zero-order valence-corrected chi connectivity index (χ0v) is 19.3. The normalized spacial score (nSPS) is 14.5. The maximum absolute atomic E-state index is 14.1. The van der Waals surface area contributed by atoms with Crippen molar-refractivity contribution >= 4 is 23.5 Å². The molecular weight excluding hydrogens is 479 g/mol. The molecule has 0 saturated heterocycles. The Morgan fingerprint density at radius 2 is 2.03 bits per heavy atom. The van der Waals surface area contributed by atoms with E-state index in [1.54, 1.807) is 41.3 Å². The van der Waals surface area contributed by atoms with Crippen LogP contribution in [0.2, 0.25) is 0 Å². The highest BCUT2D eigenvalue weighted by molar-refractivity contribution is 5.67. The number of aromatic hydroxyl groups is 1. The molecule has 0 amide bonds. The van der Waals surface area contributed by atoms with Crippen LogP contribution in [0, 0.1) is 5.82 Å². The van der Waals surface area contributed by atoms with Gasteiger partial charge < -0.3 is 21.1 Å². The first-order valence-corrected chi connectivity index (χ1v) is 11.5. The van der Waals surface area contributed by atoms with Gasteiger partial charge in [0.05, 0.1) is 12.2 Å². The van der Waals surface area contributed by atoms with Crippen molar-refractivity contribution in [3.8, 4) is 17.0 Å². The molecule has 0 atom stereocenters. The van der Waals surface area contributed by atoms with Crippen molar-refractivity contribution in [3.63, 3.8) is 0 Å². The molecule has 1 aliphatic carbocycles. The van der Waals surface area contributed by atoms with E-state index < -0.39 is 5.69 Å². The number of aromatic nitrogens is 7. The smallest absolute Gasteiger partial charge is 0.326 e. The summed E-state index contributed by atoms with van der Waals surface area (Å²) >= 11 is 0. The summed E-state index contributed by atoms with van der Waals surface area (Å²) in [6.07, 6.45) is 8.27. The van der Waals surface area contributed by atoms with Crippen LogP contribution >= 0.6 is 0 Å². The molecule has 186 valence electrons. The minimum Gasteiger partial charge on any atom is -0.493 e. The van der Waals surface area contributed by atoms with Gasteiger partial charge >= 0.3 is 5.69 Å². The molecule has 6 rings (SSSR count). The summed E-state index contributed by atoms with van der Waals surface area (Å²) in [6, 6.07) is 6.52. The van der Waals surface area contributed by atoms with Gasteiger partial charge in [-0.3, -0.25) is 9.98 Å². The number of benzene rings is 1. The van der Waals surface area contributed by atoms with Gasteiger partial charge in [0.2, 0.25) is 11.8 Å². The van der Waals surface area contributed by atoms with Crippen molar-refractivity contribution in [3.05, 3.63) is 81.1 Å². The highest BCUT2D eigenvalue weighted by atomic mass is 19.1. The fourth-order valence-corrected chi connectivity index (χ4v) is 3.92. The fourth-order valence-electron chi connectivity index (χ4n) is 3.92. The number of hydrogen-bond donors (Lipinski definition) is 5. The molecule has 6 N–H and O–H groups in total. The lowest BCUT2D eigenvalue weighted by Gasteiger charge is -2.12. The van der Waals surface area contributed by atoms with E-state index in [0.717, 1.165) is 18.4 Å². The first-order valence-electron chi connectivity index (χ1n) is 11.5. The molecule has 1 aromatic carbocycles. The minimum absolute atomic E-state index is 0.134. The molecule has 13 heteroatoms. The van der Waals surface area contributed by atoms with Crippen molar-refractivity contribution in [2.24, 2.45) is 4.99 Å². The Labute approximate surface area is 207 Å². The van der Waals surface area contributed by atoms with Crippen LogP contribution in [0.25, 0.3) is 22.9 Å². The maximum Gasteiger partial charge on any atom is 0.326 e. The number of anilines is 2. The summed E-state index contributed by atoms with van der Waals surface area (Å²) in [6.45, 7) is 0.325. The third-order valence-corrected chi connectivity index (χ3v) is 5.89. The Morgan fingerprint density at radius 3 is 2.76 bits per heavy atom. The molecule has 0 radical (unpaired) electrons. The molecule has 1 fully saturated rings. The molecule has 4 aromatic heterocycles. The van der Waals surface area contributed by atoms with E-state index in [-0.39, 0.29) is 29.4 Å². The number of nitrogen functional groups attached to an aromatic ring is 1. The SMILES string of the molecule is Nc1ncc(-c2cc(F)ccc2CNc2cc(=NC3CC3)n3nc/c(=C/c4[nH]c(=O)[nH]c4O)c3n2)cn1. The maximum atomic E-state index is 14.1. The monoisotopic (exact) mass is 500 g/mol. The van der Waals surface area contributed by atoms with Crippen molar-refractivity contribution in [2.75, 3.05) is 11.1 Å². The van der Waals surface area contributed by atoms with Crippen molar-refractivity contribution < 1.29 is 9.50 Å². The highest BCUT2D eigenvalue weighted by Gasteiger charge is 2.20. The van der Waals surface area contributed by atoms with Crippen molar-refractivity contribution in [2.45, 2.75) is 25.4 Å². The molecule has 1 aliphatic rings. The first-order chi connectivity index (χ1) is 17.9. The minimum atomic E-state index is -0.526. The van der Waals surface area contributed by atoms with Crippen LogP contribution in [0.4, 0.5) is 16.2 Å². The van der Waals surface area contributed by atoms with E-state index in [1.165, 1.54) is 12.1 Å². The lowest BCUT2D eigenvalue weighted by atomic mass is 10.0. The van der Waals surface area contributed by atoms with E-state index in [4.69, 9.17) is 15.7 Å². The van der Waals surface area contributed by atoms with Gasteiger partial charge in [-0.25, -0.2) is 24.1 Å². The predicted molar refractivity (Wildman–Crippen MR) is 133 cm³/mol. The van der Waals surface area contributed by atoms with Crippen LogP contribution in [0.3, 0.4) is 0 Å². The fraction of sp³-hybridized carbons (Fsp3) is 0.167. The molecule has 5 aromatic rings. The summed E-state index contributed by atoms with van der Waals surface area (Å²) in [5.74, 6) is -0.00414. The zero-order valence-electron chi connectivity index (χ0n) is 19.3. The Morgan fingerprint density at radius 1 is 1.22 bits per heavy atom. The van der Waals surface area contributed by atoms with Crippen LogP contribution in [0.1, 0.15) is 24.1 Å². The molecule has 4 heterocycles. The third kappa shape index (κ3) is 4.61. The van der Waals surface area contributed by atoms with Gasteiger partial charge in [0.25, 0.3) is 0 Å². The van der Waals surface area contributed by atoms with Gasteiger partial charge in [-0.1, -0.05) is 6.07 Å². The first kappa shape index (κ1) is 22.4. The van der Waals surface area contributed by atoms with Gasteiger partial charge in [-0.05, 0) is 42.2 Å². The molecule has 12 nitrogen and oxygen atoms in total. The van der Waals surface area contributed by atoms with E-state index in [0.29, 0.717) is 39.8 Å². The third-order valence-electron chi connectivity index (χ3n) is 5.89. The summed E-state index contributed by atoms with van der Waals surface area (Å²) in [4.78, 5) is 33.8. The summed E-state index contributed by atoms with van der Waals surface area (Å²) in [5, 5.41) is 18.2. The van der Waals surface area contributed by atoms with Gasteiger partial charge in [-0.2, -0.15) is 9.61 Å². The summed E-state index contributed by atoms with van der Waals surface area (Å²) in [5.41, 5.74) is 8.44. The molecule has 0 unspecified atom stereocenters. The quantitative estimate of drug-likeness (QED) is 0.228. The van der Waals surface area contributed by atoms with Crippen molar-refractivity contribution in [1.82, 2.24) is 34.5 Å². The van der Waals surface area contributed by atoms with Gasteiger partial charge in [0, 0.05) is 35.8 Å². The van der Waals surface area contributed by atoms with Gasteiger partial charge in [-0.15, -0.1) is 0 Å². The topological polar surface area (TPSA) is 175 Å². The number of aromatic amines is 2. The molecule has 0 aliphatic heterocycles. The number of imidazole rings is 1. The van der Waals surface area contributed by atoms with E-state index >= 15 is 0 Å². The number of H-pyrrole nitrogens is 2. The second-order valence-corrected chi connectivity index (χ2v) is 8.67. The molecule has 37 heavy (non-hydrogen) atoms.